The molecule has 1 amide bonds. The zero-order valence-corrected chi connectivity index (χ0v) is 15.9. The number of carbonyl (C=O) groups is 2. The van der Waals surface area contributed by atoms with Crippen LogP contribution in [0.1, 0.15) is 46.1 Å². The van der Waals surface area contributed by atoms with Crippen molar-refractivity contribution in [3.8, 4) is 0 Å². The molecule has 0 aromatic heterocycles. The van der Waals surface area contributed by atoms with Crippen LogP contribution in [0.25, 0.3) is 0 Å². The standard InChI is InChI=1S/C18H23ClF3NO3/c1-11(18(20,21)22)9-15(24)23-14-10-12(5-7-13(14)19)6-8-16(25)26-17(2,3)4/h5,7,10-11H,6,8-9H2,1-4H3,(H,23,24)/t11-/m1/s1. The van der Waals surface area contributed by atoms with Crippen LogP contribution in [0.4, 0.5) is 18.9 Å². The van der Waals surface area contributed by atoms with Gasteiger partial charge in [0.1, 0.15) is 5.60 Å². The molecule has 0 saturated heterocycles. The molecule has 0 aliphatic rings. The van der Waals surface area contributed by atoms with Crippen molar-refractivity contribution in [2.75, 3.05) is 5.32 Å². The molecule has 1 atom stereocenters. The molecule has 0 heterocycles. The first kappa shape index (κ1) is 22.3. The van der Waals surface area contributed by atoms with Gasteiger partial charge < -0.3 is 10.1 Å². The Kier molecular flexibility index (Phi) is 7.50. The monoisotopic (exact) mass is 393 g/mol. The molecule has 26 heavy (non-hydrogen) atoms. The van der Waals surface area contributed by atoms with Gasteiger partial charge >= 0.3 is 12.1 Å². The second-order valence-electron chi connectivity index (χ2n) is 7.10. The summed E-state index contributed by atoms with van der Waals surface area (Å²) in [6.45, 7) is 6.24. The van der Waals surface area contributed by atoms with Crippen LogP contribution in [-0.2, 0) is 20.7 Å². The van der Waals surface area contributed by atoms with Crippen LogP contribution < -0.4 is 5.32 Å². The topological polar surface area (TPSA) is 55.4 Å². The minimum Gasteiger partial charge on any atom is -0.460 e. The van der Waals surface area contributed by atoms with E-state index in [-0.39, 0.29) is 23.1 Å². The van der Waals surface area contributed by atoms with E-state index < -0.39 is 30.0 Å². The molecule has 0 aliphatic carbocycles. The van der Waals surface area contributed by atoms with E-state index in [2.05, 4.69) is 5.32 Å². The average molecular weight is 394 g/mol. The summed E-state index contributed by atoms with van der Waals surface area (Å²) < 4.78 is 42.8. The van der Waals surface area contributed by atoms with Crippen molar-refractivity contribution in [2.24, 2.45) is 5.92 Å². The largest absolute Gasteiger partial charge is 0.460 e. The summed E-state index contributed by atoms with van der Waals surface area (Å²) >= 11 is 5.99. The highest BCUT2D eigenvalue weighted by Crippen LogP contribution is 2.29. The van der Waals surface area contributed by atoms with Crippen LogP contribution in [0.3, 0.4) is 0 Å². The lowest BCUT2D eigenvalue weighted by Crippen LogP contribution is -2.25. The van der Waals surface area contributed by atoms with E-state index in [1.807, 2.05) is 0 Å². The van der Waals surface area contributed by atoms with Crippen LogP contribution >= 0.6 is 11.6 Å². The van der Waals surface area contributed by atoms with Crippen LogP contribution in [0.15, 0.2) is 18.2 Å². The molecule has 0 bridgehead atoms. The first-order valence-corrected chi connectivity index (χ1v) is 8.52. The third-order valence-corrected chi connectivity index (χ3v) is 3.72. The number of amides is 1. The number of rotatable bonds is 6. The molecular weight excluding hydrogens is 371 g/mol. The van der Waals surface area contributed by atoms with Gasteiger partial charge in [-0.2, -0.15) is 13.2 Å². The van der Waals surface area contributed by atoms with E-state index in [1.54, 1.807) is 32.9 Å². The van der Waals surface area contributed by atoms with Crippen molar-refractivity contribution in [3.05, 3.63) is 28.8 Å². The normalized spacial score (nSPS) is 13.2. The van der Waals surface area contributed by atoms with Gasteiger partial charge in [-0.05, 0) is 44.9 Å². The number of alkyl halides is 3. The van der Waals surface area contributed by atoms with Crippen molar-refractivity contribution in [3.63, 3.8) is 0 Å². The third-order valence-electron chi connectivity index (χ3n) is 3.39. The Morgan fingerprint density at radius 1 is 1.23 bits per heavy atom. The number of hydrogen-bond acceptors (Lipinski definition) is 3. The molecule has 146 valence electrons. The number of aryl methyl sites for hydroxylation is 1. The number of halogens is 4. The molecule has 0 fully saturated rings. The fourth-order valence-electron chi connectivity index (χ4n) is 2.06. The van der Waals surface area contributed by atoms with E-state index in [4.69, 9.17) is 16.3 Å². The Morgan fingerprint density at radius 3 is 2.38 bits per heavy atom. The predicted octanol–water partition coefficient (Wildman–Crippen LogP) is 5.14. The summed E-state index contributed by atoms with van der Waals surface area (Å²) in [5.74, 6) is -2.89. The maximum absolute atomic E-state index is 12.5. The second kappa shape index (κ2) is 8.75. The Hall–Kier alpha value is -1.76. The molecule has 1 aromatic rings. The van der Waals surface area contributed by atoms with Crippen LogP contribution in [0.2, 0.25) is 5.02 Å². The third kappa shape index (κ3) is 8.08. The van der Waals surface area contributed by atoms with Gasteiger partial charge in [-0.15, -0.1) is 0 Å². The van der Waals surface area contributed by atoms with Crippen molar-refractivity contribution in [2.45, 2.75) is 58.7 Å². The summed E-state index contributed by atoms with van der Waals surface area (Å²) in [6.07, 6.45) is -4.64. The SMILES string of the molecule is C[C@H](CC(=O)Nc1cc(CCC(=O)OC(C)(C)C)ccc1Cl)C(F)(F)F. The van der Waals surface area contributed by atoms with E-state index in [0.29, 0.717) is 12.0 Å². The molecule has 1 N–H and O–H groups in total. The quantitative estimate of drug-likeness (QED) is 0.681. The van der Waals surface area contributed by atoms with Gasteiger partial charge in [-0.1, -0.05) is 24.6 Å². The van der Waals surface area contributed by atoms with Crippen molar-refractivity contribution >= 4 is 29.2 Å². The maximum atomic E-state index is 12.5. The number of anilines is 1. The van der Waals surface area contributed by atoms with Crippen LogP contribution in [0.5, 0.6) is 0 Å². The first-order valence-electron chi connectivity index (χ1n) is 8.15. The summed E-state index contributed by atoms with van der Waals surface area (Å²) in [5, 5.41) is 2.60. The van der Waals surface area contributed by atoms with Gasteiger partial charge in [0, 0.05) is 12.8 Å². The summed E-state index contributed by atoms with van der Waals surface area (Å²) in [5.41, 5.74) is 0.345. The molecule has 0 saturated carbocycles. The van der Waals surface area contributed by atoms with Crippen LogP contribution in [0, 0.1) is 5.92 Å². The minimum absolute atomic E-state index is 0.136. The molecule has 0 aliphatic heterocycles. The average Bonchev–Trinajstić information content (AvgIpc) is 2.45. The molecule has 4 nitrogen and oxygen atoms in total. The molecular formula is C18H23ClF3NO3. The highest BCUT2D eigenvalue weighted by molar-refractivity contribution is 6.33. The van der Waals surface area contributed by atoms with Gasteiger partial charge in [0.05, 0.1) is 16.6 Å². The Labute approximate surface area is 156 Å². The Bertz CT molecular complexity index is 654. The van der Waals surface area contributed by atoms with E-state index >= 15 is 0 Å². The molecule has 0 spiro atoms. The smallest absolute Gasteiger partial charge is 0.392 e. The molecule has 0 unspecified atom stereocenters. The molecule has 0 radical (unpaired) electrons. The number of esters is 1. The van der Waals surface area contributed by atoms with Gasteiger partial charge in [0.15, 0.2) is 0 Å². The van der Waals surface area contributed by atoms with Gasteiger partial charge in [0.2, 0.25) is 5.91 Å². The van der Waals surface area contributed by atoms with E-state index in [0.717, 1.165) is 6.92 Å². The zero-order valence-electron chi connectivity index (χ0n) is 15.2. The first-order chi connectivity index (χ1) is 11.8. The summed E-state index contributed by atoms with van der Waals surface area (Å²) in [7, 11) is 0. The minimum atomic E-state index is -4.43. The van der Waals surface area contributed by atoms with Crippen LogP contribution in [-0.4, -0.2) is 23.7 Å². The fourth-order valence-corrected chi connectivity index (χ4v) is 2.22. The molecule has 1 rings (SSSR count). The summed E-state index contributed by atoms with van der Waals surface area (Å²) in [6, 6.07) is 4.75. The fraction of sp³-hybridized carbons (Fsp3) is 0.556. The molecule has 1 aromatic carbocycles. The highest BCUT2D eigenvalue weighted by Gasteiger charge is 2.37. The lowest BCUT2D eigenvalue weighted by Gasteiger charge is -2.19. The number of carbonyl (C=O) groups excluding carboxylic acids is 2. The number of hydrogen-bond donors (Lipinski definition) is 1. The highest BCUT2D eigenvalue weighted by atomic mass is 35.5. The van der Waals surface area contributed by atoms with Gasteiger partial charge in [0.25, 0.3) is 0 Å². The van der Waals surface area contributed by atoms with Gasteiger partial charge in [-0.3, -0.25) is 9.59 Å². The maximum Gasteiger partial charge on any atom is 0.392 e. The van der Waals surface area contributed by atoms with Crippen molar-refractivity contribution < 1.29 is 27.5 Å². The lowest BCUT2D eigenvalue weighted by atomic mass is 10.1. The zero-order chi connectivity index (χ0) is 20.1. The van der Waals surface area contributed by atoms with Crippen molar-refractivity contribution in [1.82, 2.24) is 0 Å². The van der Waals surface area contributed by atoms with Crippen molar-refractivity contribution in [1.29, 1.82) is 0 Å². The number of nitrogens with one attached hydrogen (secondary N) is 1. The molecule has 8 heteroatoms. The second-order valence-corrected chi connectivity index (χ2v) is 7.50. The van der Waals surface area contributed by atoms with Gasteiger partial charge in [-0.25, -0.2) is 0 Å². The summed E-state index contributed by atoms with van der Waals surface area (Å²) in [4.78, 5) is 23.6. The van der Waals surface area contributed by atoms with E-state index in [1.165, 1.54) is 6.07 Å². The predicted molar refractivity (Wildman–Crippen MR) is 94.1 cm³/mol. The lowest BCUT2D eigenvalue weighted by molar-refractivity contribution is -0.173. The Morgan fingerprint density at radius 2 is 1.85 bits per heavy atom. The number of ether oxygens (including phenoxy) is 1. The Balaban J connectivity index is 2.69. The van der Waals surface area contributed by atoms with E-state index in [9.17, 15) is 22.8 Å². The number of benzene rings is 1.